The normalized spacial score (nSPS) is 20.3. The predicted octanol–water partition coefficient (Wildman–Crippen LogP) is 12.7. The van der Waals surface area contributed by atoms with Crippen LogP contribution < -0.4 is 14.2 Å². The maximum absolute atomic E-state index is 6.54. The van der Waals surface area contributed by atoms with Crippen LogP contribution in [0, 0.1) is 17.8 Å². The molecule has 0 N–H and O–H groups in total. The summed E-state index contributed by atoms with van der Waals surface area (Å²) in [5.74, 6) is 7.08. The van der Waals surface area contributed by atoms with Crippen molar-refractivity contribution in [3.05, 3.63) is 132 Å². The fraction of sp³-hybridized carbons (Fsp3) is 0.391. The molecule has 2 fully saturated rings. The van der Waals surface area contributed by atoms with Crippen molar-refractivity contribution in [3.63, 3.8) is 0 Å². The summed E-state index contributed by atoms with van der Waals surface area (Å²) in [6, 6.07) is 41.3. The molecule has 0 saturated heterocycles. The molecule has 0 spiro atoms. The van der Waals surface area contributed by atoms with E-state index in [1.165, 1.54) is 53.1 Å². The van der Waals surface area contributed by atoms with Crippen molar-refractivity contribution in [3.8, 4) is 23.0 Å². The molecule has 3 nitrogen and oxygen atoms in total. The van der Waals surface area contributed by atoms with Crippen molar-refractivity contribution < 1.29 is 14.2 Å². The molecule has 2 saturated carbocycles. The van der Waals surface area contributed by atoms with Crippen LogP contribution in [0.15, 0.2) is 115 Å². The van der Waals surface area contributed by atoms with Gasteiger partial charge in [-0.25, -0.2) is 0 Å². The lowest BCUT2D eigenvalue weighted by molar-refractivity contribution is 0.138. The number of hydrogen-bond acceptors (Lipinski definition) is 3. The zero-order valence-corrected chi connectivity index (χ0v) is 29.7. The Labute approximate surface area is 293 Å². The molecule has 0 heterocycles. The monoisotopic (exact) mass is 652 g/mol. The summed E-state index contributed by atoms with van der Waals surface area (Å²) >= 11 is 0. The molecule has 6 unspecified atom stereocenters. The highest BCUT2D eigenvalue weighted by Gasteiger charge is 2.41. The van der Waals surface area contributed by atoms with Crippen LogP contribution in [-0.4, -0.2) is 12.7 Å². The summed E-state index contributed by atoms with van der Waals surface area (Å²) in [6.07, 6.45) is 7.88. The fourth-order valence-corrected chi connectivity index (χ4v) is 8.21. The third kappa shape index (κ3) is 8.32. The van der Waals surface area contributed by atoms with Gasteiger partial charge in [0.25, 0.3) is 0 Å². The third-order valence-corrected chi connectivity index (χ3v) is 11.0. The van der Waals surface area contributed by atoms with Crippen molar-refractivity contribution in [2.45, 2.75) is 90.1 Å². The van der Waals surface area contributed by atoms with Gasteiger partial charge in [-0.1, -0.05) is 94.4 Å². The molecular formula is C46H52O3. The number of fused-ring (bicyclic) bond motifs is 3. The molecule has 254 valence electrons. The van der Waals surface area contributed by atoms with Crippen LogP contribution in [0.3, 0.4) is 0 Å². The summed E-state index contributed by atoms with van der Waals surface area (Å²) in [7, 11) is 0. The molecule has 2 aliphatic rings. The number of benzene rings is 5. The van der Waals surface area contributed by atoms with Crippen LogP contribution >= 0.6 is 0 Å². The quantitative estimate of drug-likeness (QED) is 0.119. The van der Waals surface area contributed by atoms with Gasteiger partial charge in [-0.05, 0) is 150 Å². The van der Waals surface area contributed by atoms with E-state index in [0.29, 0.717) is 29.8 Å². The standard InChI is InChI=1S/C46H52O3/c1-31(2)30-47-42-18-11-35(12-19-42)32(3)25-41(38-15-22-44(23-16-38)49-46-28-34-9-10-40(46)27-34)26-33(4)36-13-20-43(21-14-36)48-45-24-17-37-7-5-6-8-39(37)29-45/h5-8,11-24,29,31-34,40-41,46H,9-10,25-28,30H2,1-4H3. The Kier molecular flexibility index (Phi) is 10.3. The van der Waals surface area contributed by atoms with Crippen molar-refractivity contribution in [2.24, 2.45) is 17.8 Å². The second-order valence-corrected chi connectivity index (χ2v) is 15.3. The van der Waals surface area contributed by atoms with Gasteiger partial charge in [0.2, 0.25) is 0 Å². The maximum Gasteiger partial charge on any atom is 0.128 e. The van der Waals surface area contributed by atoms with E-state index < -0.39 is 0 Å². The highest BCUT2D eigenvalue weighted by molar-refractivity contribution is 5.83. The molecule has 5 aromatic rings. The molecule has 49 heavy (non-hydrogen) atoms. The van der Waals surface area contributed by atoms with Gasteiger partial charge in [-0.3, -0.25) is 0 Å². The molecule has 7 rings (SSSR count). The van der Waals surface area contributed by atoms with E-state index in [1.807, 2.05) is 6.07 Å². The molecule has 3 heteroatoms. The summed E-state index contributed by atoms with van der Waals surface area (Å²) < 4.78 is 18.8. The molecule has 2 bridgehead atoms. The first-order valence-corrected chi connectivity index (χ1v) is 18.6. The zero-order chi connectivity index (χ0) is 33.7. The molecule has 6 atom stereocenters. The van der Waals surface area contributed by atoms with E-state index in [2.05, 4.69) is 137 Å². The van der Waals surface area contributed by atoms with Gasteiger partial charge in [0.05, 0.1) is 6.61 Å². The van der Waals surface area contributed by atoms with Gasteiger partial charge in [0.1, 0.15) is 29.1 Å². The minimum atomic E-state index is 0.392. The molecule has 0 aromatic heterocycles. The van der Waals surface area contributed by atoms with E-state index >= 15 is 0 Å². The first kappa shape index (κ1) is 33.3. The molecule has 2 aliphatic carbocycles. The van der Waals surface area contributed by atoms with E-state index in [1.54, 1.807) is 0 Å². The van der Waals surface area contributed by atoms with Crippen LogP contribution in [0.5, 0.6) is 23.0 Å². The topological polar surface area (TPSA) is 27.7 Å². The number of rotatable bonds is 14. The van der Waals surface area contributed by atoms with Crippen molar-refractivity contribution in [1.29, 1.82) is 0 Å². The van der Waals surface area contributed by atoms with Gasteiger partial charge < -0.3 is 14.2 Å². The van der Waals surface area contributed by atoms with Gasteiger partial charge in [0.15, 0.2) is 0 Å². The van der Waals surface area contributed by atoms with Gasteiger partial charge in [-0.2, -0.15) is 0 Å². The molecular weight excluding hydrogens is 601 g/mol. The largest absolute Gasteiger partial charge is 0.493 e. The Morgan fingerprint density at radius 2 is 1.16 bits per heavy atom. The van der Waals surface area contributed by atoms with Gasteiger partial charge in [-0.15, -0.1) is 0 Å². The second-order valence-electron chi connectivity index (χ2n) is 15.3. The van der Waals surface area contributed by atoms with E-state index in [-0.39, 0.29) is 0 Å². The van der Waals surface area contributed by atoms with Crippen LogP contribution in [0.4, 0.5) is 0 Å². The average molecular weight is 653 g/mol. The maximum atomic E-state index is 6.54. The van der Waals surface area contributed by atoms with Crippen molar-refractivity contribution in [1.82, 2.24) is 0 Å². The SMILES string of the molecule is CC(C)COc1ccc(C(C)CC(CC(C)c2ccc(Oc3ccc4ccccc4c3)cc2)c2ccc(OC3CC4CCC3C4)cc2)cc1. The average Bonchev–Trinajstić information content (AvgIpc) is 3.75. The number of hydrogen-bond donors (Lipinski definition) is 0. The molecule has 5 aromatic carbocycles. The fourth-order valence-electron chi connectivity index (χ4n) is 8.21. The van der Waals surface area contributed by atoms with Crippen LogP contribution in [0.2, 0.25) is 0 Å². The van der Waals surface area contributed by atoms with Crippen LogP contribution in [-0.2, 0) is 0 Å². The Hall–Kier alpha value is -4.24. The predicted molar refractivity (Wildman–Crippen MR) is 202 cm³/mol. The summed E-state index contributed by atoms with van der Waals surface area (Å²) in [5, 5.41) is 2.41. The highest BCUT2D eigenvalue weighted by Crippen LogP contribution is 2.46. The summed E-state index contributed by atoms with van der Waals surface area (Å²) in [6.45, 7) is 9.84. The van der Waals surface area contributed by atoms with E-state index in [4.69, 9.17) is 14.2 Å². The first-order chi connectivity index (χ1) is 23.9. The molecule has 0 radical (unpaired) electrons. The molecule has 0 aliphatic heterocycles. The smallest absolute Gasteiger partial charge is 0.128 e. The Balaban J connectivity index is 1.04. The lowest BCUT2D eigenvalue weighted by Gasteiger charge is -2.26. The van der Waals surface area contributed by atoms with Crippen LogP contribution in [0.25, 0.3) is 10.8 Å². The van der Waals surface area contributed by atoms with Gasteiger partial charge in [0, 0.05) is 0 Å². The Bertz CT molecular complexity index is 1790. The van der Waals surface area contributed by atoms with E-state index in [9.17, 15) is 0 Å². The minimum absolute atomic E-state index is 0.392. The second kappa shape index (κ2) is 15.1. The van der Waals surface area contributed by atoms with Crippen LogP contribution in [0.1, 0.15) is 101 Å². The first-order valence-electron chi connectivity index (χ1n) is 18.6. The summed E-state index contributed by atoms with van der Waals surface area (Å²) in [4.78, 5) is 0. The Morgan fingerprint density at radius 1 is 0.571 bits per heavy atom. The number of ether oxygens (including phenoxy) is 3. The molecule has 0 amide bonds. The zero-order valence-electron chi connectivity index (χ0n) is 29.7. The third-order valence-electron chi connectivity index (χ3n) is 11.0. The van der Waals surface area contributed by atoms with Crippen molar-refractivity contribution in [2.75, 3.05) is 6.61 Å². The lowest BCUT2D eigenvalue weighted by atomic mass is 9.79. The van der Waals surface area contributed by atoms with Crippen molar-refractivity contribution >= 4 is 10.8 Å². The van der Waals surface area contributed by atoms with E-state index in [0.717, 1.165) is 54.3 Å². The van der Waals surface area contributed by atoms with Gasteiger partial charge >= 0.3 is 0 Å². The highest BCUT2D eigenvalue weighted by atomic mass is 16.5. The Morgan fingerprint density at radius 3 is 1.78 bits per heavy atom. The summed E-state index contributed by atoms with van der Waals surface area (Å²) in [5.41, 5.74) is 4.10. The minimum Gasteiger partial charge on any atom is -0.493 e. The lowest BCUT2D eigenvalue weighted by Crippen LogP contribution is -2.23.